The number of aromatic hydroxyl groups is 1. The van der Waals surface area contributed by atoms with Crippen LogP contribution >= 0.6 is 0 Å². The Morgan fingerprint density at radius 1 is 0.905 bits per heavy atom. The molecule has 21 heavy (non-hydrogen) atoms. The summed E-state index contributed by atoms with van der Waals surface area (Å²) < 4.78 is 0. The van der Waals surface area contributed by atoms with Gasteiger partial charge in [0.05, 0.1) is 5.69 Å². The van der Waals surface area contributed by atoms with Crippen molar-refractivity contribution in [2.45, 2.75) is 6.92 Å². The van der Waals surface area contributed by atoms with Gasteiger partial charge >= 0.3 is 0 Å². The molecule has 2 N–H and O–H groups in total. The molecule has 0 amide bonds. The Bertz CT molecular complexity index is 737. The number of hydrogen-bond acceptors (Lipinski definition) is 4. The highest BCUT2D eigenvalue weighted by atomic mass is 16.3. The highest BCUT2D eigenvalue weighted by molar-refractivity contribution is 5.65. The molecular weight excluding hydrogens is 262 g/mol. The molecule has 0 radical (unpaired) electrons. The van der Waals surface area contributed by atoms with E-state index in [1.807, 2.05) is 42.5 Å². The Morgan fingerprint density at radius 2 is 1.62 bits per heavy atom. The molecule has 0 spiro atoms. The summed E-state index contributed by atoms with van der Waals surface area (Å²) in [7, 11) is 0. The van der Waals surface area contributed by atoms with Gasteiger partial charge in [-0.05, 0) is 43.3 Å². The third-order valence-electron chi connectivity index (χ3n) is 3.15. The summed E-state index contributed by atoms with van der Waals surface area (Å²) in [5, 5.41) is 12.6. The van der Waals surface area contributed by atoms with E-state index in [1.54, 1.807) is 12.1 Å². The summed E-state index contributed by atoms with van der Waals surface area (Å²) in [4.78, 5) is 8.49. The monoisotopic (exact) mass is 277 g/mol. The number of phenolic OH excluding ortho intramolecular Hbond substituents is 1. The van der Waals surface area contributed by atoms with Gasteiger partial charge in [-0.3, -0.25) is 0 Å². The first-order valence-electron chi connectivity index (χ1n) is 6.66. The second-order valence-corrected chi connectivity index (χ2v) is 4.83. The van der Waals surface area contributed by atoms with Crippen molar-refractivity contribution in [2.24, 2.45) is 0 Å². The van der Waals surface area contributed by atoms with E-state index in [1.165, 1.54) is 11.9 Å². The van der Waals surface area contributed by atoms with Gasteiger partial charge in [-0.1, -0.05) is 17.7 Å². The standard InChI is InChI=1S/C17H15N3O/c1-12-2-6-14(7-3-12)20-17-10-16(18-11-19-17)13-4-8-15(21)9-5-13/h2-11,21H,1H3,(H,18,19,20). The second-order valence-electron chi connectivity index (χ2n) is 4.83. The predicted molar refractivity (Wildman–Crippen MR) is 83.6 cm³/mol. The maximum absolute atomic E-state index is 9.33. The smallest absolute Gasteiger partial charge is 0.134 e. The van der Waals surface area contributed by atoms with Crippen molar-refractivity contribution in [3.63, 3.8) is 0 Å². The molecule has 3 aromatic rings. The van der Waals surface area contributed by atoms with Crippen LogP contribution in [0.1, 0.15) is 5.56 Å². The normalized spacial score (nSPS) is 10.3. The van der Waals surface area contributed by atoms with Crippen LogP contribution in [0.15, 0.2) is 60.9 Å². The van der Waals surface area contributed by atoms with Gasteiger partial charge in [0.2, 0.25) is 0 Å². The molecule has 4 nitrogen and oxygen atoms in total. The van der Waals surface area contributed by atoms with E-state index in [-0.39, 0.29) is 5.75 Å². The van der Waals surface area contributed by atoms with Crippen LogP contribution in [0.4, 0.5) is 11.5 Å². The molecule has 3 rings (SSSR count). The molecule has 0 aliphatic carbocycles. The van der Waals surface area contributed by atoms with E-state index >= 15 is 0 Å². The van der Waals surface area contributed by atoms with Crippen molar-refractivity contribution < 1.29 is 5.11 Å². The fourth-order valence-electron chi connectivity index (χ4n) is 2.00. The first-order chi connectivity index (χ1) is 10.2. The van der Waals surface area contributed by atoms with Crippen LogP contribution in [0.3, 0.4) is 0 Å². The molecule has 0 bridgehead atoms. The number of nitrogens with one attached hydrogen (secondary N) is 1. The summed E-state index contributed by atoms with van der Waals surface area (Å²) in [6.45, 7) is 2.05. The van der Waals surface area contributed by atoms with Crippen molar-refractivity contribution in [2.75, 3.05) is 5.32 Å². The average Bonchev–Trinajstić information content (AvgIpc) is 2.51. The van der Waals surface area contributed by atoms with Crippen LogP contribution < -0.4 is 5.32 Å². The van der Waals surface area contributed by atoms with Crippen molar-refractivity contribution >= 4 is 11.5 Å². The van der Waals surface area contributed by atoms with E-state index in [0.717, 1.165) is 22.8 Å². The second kappa shape index (κ2) is 5.63. The first-order valence-corrected chi connectivity index (χ1v) is 6.66. The Labute approximate surface area is 123 Å². The van der Waals surface area contributed by atoms with Crippen molar-refractivity contribution in [1.82, 2.24) is 9.97 Å². The lowest BCUT2D eigenvalue weighted by Gasteiger charge is -2.07. The summed E-state index contributed by atoms with van der Waals surface area (Å²) in [6.07, 6.45) is 1.53. The van der Waals surface area contributed by atoms with E-state index in [9.17, 15) is 5.11 Å². The third kappa shape index (κ3) is 3.17. The van der Waals surface area contributed by atoms with Gasteiger partial charge in [0.15, 0.2) is 0 Å². The minimum Gasteiger partial charge on any atom is -0.508 e. The lowest BCUT2D eigenvalue weighted by molar-refractivity contribution is 0.475. The van der Waals surface area contributed by atoms with Gasteiger partial charge in [0.1, 0.15) is 17.9 Å². The van der Waals surface area contributed by atoms with Gasteiger partial charge < -0.3 is 10.4 Å². The molecular formula is C17H15N3O. The van der Waals surface area contributed by atoms with Crippen LogP contribution in [0.5, 0.6) is 5.75 Å². The van der Waals surface area contributed by atoms with Crippen LogP contribution in [0.25, 0.3) is 11.3 Å². The lowest BCUT2D eigenvalue weighted by atomic mass is 10.1. The molecule has 4 heteroatoms. The lowest BCUT2D eigenvalue weighted by Crippen LogP contribution is -1.95. The van der Waals surface area contributed by atoms with Gasteiger partial charge in [0.25, 0.3) is 0 Å². The first kappa shape index (κ1) is 13.1. The van der Waals surface area contributed by atoms with Crippen molar-refractivity contribution in [3.05, 3.63) is 66.5 Å². The van der Waals surface area contributed by atoms with E-state index in [4.69, 9.17) is 0 Å². The molecule has 1 aromatic heterocycles. The third-order valence-corrected chi connectivity index (χ3v) is 3.15. The molecule has 0 unspecified atom stereocenters. The number of hydrogen-bond donors (Lipinski definition) is 2. The number of aryl methyl sites for hydroxylation is 1. The Balaban J connectivity index is 1.86. The largest absolute Gasteiger partial charge is 0.508 e. The van der Waals surface area contributed by atoms with Gasteiger partial charge in [-0.2, -0.15) is 0 Å². The number of anilines is 2. The number of benzene rings is 2. The summed E-state index contributed by atoms with van der Waals surface area (Å²) in [5.74, 6) is 0.975. The van der Waals surface area contributed by atoms with Gasteiger partial charge in [-0.15, -0.1) is 0 Å². The van der Waals surface area contributed by atoms with Crippen LogP contribution in [-0.2, 0) is 0 Å². The zero-order chi connectivity index (χ0) is 14.7. The quantitative estimate of drug-likeness (QED) is 0.762. The van der Waals surface area contributed by atoms with Gasteiger partial charge in [0, 0.05) is 17.3 Å². The van der Waals surface area contributed by atoms with Crippen LogP contribution in [-0.4, -0.2) is 15.1 Å². The molecule has 0 fully saturated rings. The Hall–Kier alpha value is -2.88. The zero-order valence-electron chi connectivity index (χ0n) is 11.6. The fourth-order valence-corrected chi connectivity index (χ4v) is 2.00. The topological polar surface area (TPSA) is 58.0 Å². The number of aromatic nitrogens is 2. The molecule has 0 aliphatic heterocycles. The number of phenols is 1. The Morgan fingerprint density at radius 3 is 2.33 bits per heavy atom. The fraction of sp³-hybridized carbons (Fsp3) is 0.0588. The maximum Gasteiger partial charge on any atom is 0.134 e. The van der Waals surface area contributed by atoms with Crippen LogP contribution in [0.2, 0.25) is 0 Å². The van der Waals surface area contributed by atoms with E-state index in [2.05, 4.69) is 22.2 Å². The van der Waals surface area contributed by atoms with Crippen molar-refractivity contribution in [3.8, 4) is 17.0 Å². The van der Waals surface area contributed by atoms with Crippen LogP contribution in [0, 0.1) is 6.92 Å². The highest BCUT2D eigenvalue weighted by Crippen LogP contribution is 2.22. The molecule has 0 saturated heterocycles. The predicted octanol–water partition coefficient (Wildman–Crippen LogP) is 3.90. The summed E-state index contributed by atoms with van der Waals surface area (Å²) >= 11 is 0. The minimum atomic E-state index is 0.241. The molecule has 104 valence electrons. The molecule has 0 aliphatic rings. The van der Waals surface area contributed by atoms with E-state index in [0.29, 0.717) is 0 Å². The Kier molecular flexibility index (Phi) is 3.51. The summed E-state index contributed by atoms with van der Waals surface area (Å²) in [6, 6.07) is 16.9. The molecule has 0 saturated carbocycles. The van der Waals surface area contributed by atoms with Crippen molar-refractivity contribution in [1.29, 1.82) is 0 Å². The average molecular weight is 277 g/mol. The maximum atomic E-state index is 9.33. The van der Waals surface area contributed by atoms with E-state index < -0.39 is 0 Å². The zero-order valence-corrected chi connectivity index (χ0v) is 11.6. The highest BCUT2D eigenvalue weighted by Gasteiger charge is 2.02. The minimum absolute atomic E-state index is 0.241. The molecule has 2 aromatic carbocycles. The number of nitrogens with zero attached hydrogens (tertiary/aromatic N) is 2. The van der Waals surface area contributed by atoms with Gasteiger partial charge in [-0.25, -0.2) is 9.97 Å². The number of rotatable bonds is 3. The SMILES string of the molecule is Cc1ccc(Nc2cc(-c3ccc(O)cc3)ncn2)cc1. The molecule has 0 atom stereocenters. The molecule has 1 heterocycles. The summed E-state index contributed by atoms with van der Waals surface area (Å²) in [5.41, 5.74) is 3.94.